The van der Waals surface area contributed by atoms with Crippen LogP contribution in [0.15, 0.2) is 4.79 Å². The largest absolute Gasteiger partial charge is 0.463 e. The van der Waals surface area contributed by atoms with Gasteiger partial charge in [-0.1, -0.05) is 26.2 Å². The molecule has 1 saturated heterocycles. The van der Waals surface area contributed by atoms with Crippen molar-refractivity contribution in [3.05, 3.63) is 10.5 Å². The summed E-state index contributed by atoms with van der Waals surface area (Å²) in [5, 5.41) is 0. The molecule has 0 radical (unpaired) electrons. The summed E-state index contributed by atoms with van der Waals surface area (Å²) < 4.78 is 7.33. The van der Waals surface area contributed by atoms with Crippen LogP contribution in [0.3, 0.4) is 0 Å². The predicted octanol–water partition coefficient (Wildman–Crippen LogP) is 2.93. The minimum Gasteiger partial charge on any atom is -0.463 e. The Balaban J connectivity index is 1.45. The molecule has 0 spiro atoms. The summed E-state index contributed by atoms with van der Waals surface area (Å²) in [6.07, 6.45) is 10.9. The Morgan fingerprint density at radius 1 is 1.21 bits per heavy atom. The van der Waals surface area contributed by atoms with Crippen LogP contribution in [0, 0.1) is 5.92 Å². The quantitative estimate of drug-likeness (QED) is 0.658. The highest BCUT2D eigenvalue weighted by Gasteiger charge is 2.28. The Morgan fingerprint density at radius 3 is 2.83 bits per heavy atom. The lowest BCUT2D eigenvalue weighted by Gasteiger charge is -2.36. The molecule has 2 aromatic rings. The summed E-state index contributed by atoms with van der Waals surface area (Å²) in [6.45, 7) is 5.69. The highest BCUT2D eigenvalue weighted by Crippen LogP contribution is 2.29. The summed E-state index contributed by atoms with van der Waals surface area (Å²) in [7, 11) is 0. The number of hydrogen-bond acceptors (Lipinski definition) is 6. The SMILES string of the molecule is CCCCOc1nc(N)c2[nH]c(=O)n(CCC3CCCN(C4CCCC4)C3)c2n1. The summed E-state index contributed by atoms with van der Waals surface area (Å²) in [6, 6.07) is 1.03. The average molecular weight is 403 g/mol. The number of hydrogen-bond donors (Lipinski definition) is 2. The number of piperidine rings is 1. The Bertz CT molecular complexity index is 870. The van der Waals surface area contributed by atoms with Crippen molar-refractivity contribution in [3.8, 4) is 6.01 Å². The van der Waals surface area contributed by atoms with Crippen LogP contribution in [0.5, 0.6) is 6.01 Å². The molecule has 160 valence electrons. The normalized spacial score (nSPS) is 21.2. The molecule has 1 unspecified atom stereocenters. The van der Waals surface area contributed by atoms with Gasteiger partial charge in [-0.3, -0.25) is 4.57 Å². The molecule has 3 N–H and O–H groups in total. The van der Waals surface area contributed by atoms with Crippen molar-refractivity contribution in [3.63, 3.8) is 0 Å². The first-order valence-electron chi connectivity index (χ1n) is 11.3. The molecular formula is C21H34N6O2. The van der Waals surface area contributed by atoms with E-state index in [4.69, 9.17) is 10.5 Å². The molecule has 0 aromatic carbocycles. The van der Waals surface area contributed by atoms with E-state index in [-0.39, 0.29) is 17.5 Å². The Hall–Kier alpha value is -2.09. The van der Waals surface area contributed by atoms with E-state index in [9.17, 15) is 4.79 Å². The second-order valence-electron chi connectivity index (χ2n) is 8.60. The minimum atomic E-state index is -0.171. The number of likely N-dealkylation sites (tertiary alicyclic amines) is 1. The lowest BCUT2D eigenvalue weighted by Crippen LogP contribution is -2.41. The van der Waals surface area contributed by atoms with Crippen LogP contribution in [-0.4, -0.2) is 50.2 Å². The molecule has 1 aliphatic carbocycles. The lowest BCUT2D eigenvalue weighted by molar-refractivity contribution is 0.119. The number of anilines is 1. The number of aryl methyl sites for hydroxylation is 1. The first kappa shape index (κ1) is 20.2. The van der Waals surface area contributed by atoms with Gasteiger partial charge in [-0.2, -0.15) is 9.97 Å². The zero-order valence-corrected chi connectivity index (χ0v) is 17.5. The maximum absolute atomic E-state index is 12.5. The fraction of sp³-hybridized carbons (Fsp3) is 0.762. The van der Waals surface area contributed by atoms with Crippen molar-refractivity contribution < 1.29 is 4.74 Å². The van der Waals surface area contributed by atoms with Crippen molar-refractivity contribution in [2.75, 3.05) is 25.4 Å². The molecule has 3 heterocycles. The van der Waals surface area contributed by atoms with Gasteiger partial charge in [0.25, 0.3) is 0 Å². The number of nitrogens with one attached hydrogen (secondary N) is 1. The van der Waals surface area contributed by atoms with Crippen LogP contribution in [-0.2, 0) is 6.54 Å². The van der Waals surface area contributed by atoms with Gasteiger partial charge in [-0.05, 0) is 51.0 Å². The number of aromatic amines is 1. The van der Waals surface area contributed by atoms with E-state index in [0.29, 0.717) is 30.2 Å². The second-order valence-corrected chi connectivity index (χ2v) is 8.60. The maximum Gasteiger partial charge on any atom is 0.327 e. The molecule has 4 rings (SSSR count). The van der Waals surface area contributed by atoms with Gasteiger partial charge in [-0.25, -0.2) is 4.79 Å². The zero-order chi connectivity index (χ0) is 20.2. The second kappa shape index (κ2) is 9.15. The number of unbranched alkanes of at least 4 members (excludes halogenated alkanes) is 1. The summed E-state index contributed by atoms with van der Waals surface area (Å²) >= 11 is 0. The van der Waals surface area contributed by atoms with Crippen LogP contribution >= 0.6 is 0 Å². The first-order valence-corrected chi connectivity index (χ1v) is 11.3. The van der Waals surface area contributed by atoms with Gasteiger partial charge in [0.05, 0.1) is 6.61 Å². The Kier molecular flexibility index (Phi) is 6.37. The van der Waals surface area contributed by atoms with Gasteiger partial charge in [0.2, 0.25) is 0 Å². The predicted molar refractivity (Wildman–Crippen MR) is 114 cm³/mol. The molecule has 2 aromatic heterocycles. The van der Waals surface area contributed by atoms with Gasteiger partial charge in [-0.15, -0.1) is 0 Å². The lowest BCUT2D eigenvalue weighted by atomic mass is 9.93. The van der Waals surface area contributed by atoms with E-state index in [0.717, 1.165) is 31.8 Å². The number of rotatable bonds is 8. The highest BCUT2D eigenvalue weighted by molar-refractivity contribution is 5.81. The molecule has 0 amide bonds. The molecule has 8 nitrogen and oxygen atoms in total. The van der Waals surface area contributed by atoms with E-state index in [2.05, 4.69) is 26.8 Å². The summed E-state index contributed by atoms with van der Waals surface area (Å²) in [5.74, 6) is 0.892. The highest BCUT2D eigenvalue weighted by atomic mass is 16.5. The van der Waals surface area contributed by atoms with Crippen LogP contribution in [0.25, 0.3) is 11.2 Å². The third-order valence-corrected chi connectivity index (χ3v) is 6.51. The van der Waals surface area contributed by atoms with E-state index in [1.807, 2.05) is 0 Å². The van der Waals surface area contributed by atoms with Gasteiger partial charge in [0.1, 0.15) is 5.52 Å². The fourth-order valence-electron chi connectivity index (χ4n) is 4.86. The molecule has 2 fully saturated rings. The average Bonchev–Trinajstić information content (AvgIpc) is 3.36. The first-order chi connectivity index (χ1) is 14.2. The van der Waals surface area contributed by atoms with Crippen molar-refractivity contribution >= 4 is 17.0 Å². The minimum absolute atomic E-state index is 0.171. The Morgan fingerprint density at radius 2 is 2.03 bits per heavy atom. The van der Waals surface area contributed by atoms with Gasteiger partial charge >= 0.3 is 11.7 Å². The van der Waals surface area contributed by atoms with E-state index >= 15 is 0 Å². The fourth-order valence-corrected chi connectivity index (χ4v) is 4.86. The molecule has 29 heavy (non-hydrogen) atoms. The van der Waals surface area contributed by atoms with Gasteiger partial charge in [0.15, 0.2) is 11.5 Å². The molecule has 1 aliphatic heterocycles. The van der Waals surface area contributed by atoms with Gasteiger partial charge < -0.3 is 20.4 Å². The van der Waals surface area contributed by atoms with E-state index < -0.39 is 0 Å². The molecule has 1 atom stereocenters. The topological polar surface area (TPSA) is 102 Å². The number of fused-ring (bicyclic) bond motifs is 1. The number of nitrogen functional groups attached to an aromatic ring is 1. The summed E-state index contributed by atoms with van der Waals surface area (Å²) in [4.78, 5) is 26.7. The maximum atomic E-state index is 12.5. The third-order valence-electron chi connectivity index (χ3n) is 6.51. The zero-order valence-electron chi connectivity index (χ0n) is 17.5. The Labute approximate surface area is 171 Å². The monoisotopic (exact) mass is 402 g/mol. The molecule has 8 heteroatoms. The van der Waals surface area contributed by atoms with Crippen molar-refractivity contribution in [1.82, 2.24) is 24.4 Å². The molecule has 1 saturated carbocycles. The number of nitrogens with zero attached hydrogens (tertiary/aromatic N) is 4. The van der Waals surface area contributed by atoms with Crippen molar-refractivity contribution in [1.29, 1.82) is 0 Å². The van der Waals surface area contributed by atoms with Crippen molar-refractivity contribution in [2.45, 2.75) is 77.3 Å². The van der Waals surface area contributed by atoms with Crippen molar-refractivity contribution in [2.24, 2.45) is 5.92 Å². The van der Waals surface area contributed by atoms with Crippen LogP contribution in [0.2, 0.25) is 0 Å². The molecular weight excluding hydrogens is 368 g/mol. The number of nitrogens with two attached hydrogens (primary N) is 1. The summed E-state index contributed by atoms with van der Waals surface area (Å²) in [5.41, 5.74) is 6.94. The van der Waals surface area contributed by atoms with Gasteiger partial charge in [0, 0.05) is 19.1 Å². The molecule has 2 aliphatic rings. The third kappa shape index (κ3) is 4.57. The van der Waals surface area contributed by atoms with Crippen LogP contribution in [0.1, 0.15) is 64.7 Å². The number of H-pyrrole nitrogens is 1. The number of imidazole rings is 1. The standard InChI is InChI=1S/C21H34N6O2/c1-2-3-13-29-20-24-18(22)17-19(25-20)27(21(28)23-17)12-10-15-7-6-11-26(14-15)16-8-4-5-9-16/h15-16H,2-14H2,1H3,(H,23,28)(H2,22,24,25). The van der Waals surface area contributed by atoms with Crippen LogP contribution in [0.4, 0.5) is 5.82 Å². The van der Waals surface area contributed by atoms with Crippen LogP contribution < -0.4 is 16.2 Å². The molecule has 0 bridgehead atoms. The number of aromatic nitrogens is 4. The number of ether oxygens (including phenoxy) is 1. The van der Waals surface area contributed by atoms with E-state index in [1.54, 1.807) is 4.57 Å². The smallest absolute Gasteiger partial charge is 0.327 e. The van der Waals surface area contributed by atoms with E-state index in [1.165, 1.54) is 45.1 Å².